The fraction of sp³-hybridized carbons (Fsp3) is 0.118. The van der Waals surface area contributed by atoms with Gasteiger partial charge in [0, 0.05) is 10.9 Å². The Bertz CT molecular complexity index is 1030. The van der Waals surface area contributed by atoms with Gasteiger partial charge in [0.05, 0.1) is 16.9 Å². The number of rotatable bonds is 4. The van der Waals surface area contributed by atoms with E-state index in [1.165, 1.54) is 25.3 Å². The molecule has 2 aromatic carbocycles. The van der Waals surface area contributed by atoms with Crippen molar-refractivity contribution >= 4 is 26.6 Å². The number of carbonyl (C=O) groups excluding carboxylic acids is 1. The van der Waals surface area contributed by atoms with Crippen molar-refractivity contribution in [1.29, 1.82) is 0 Å². The summed E-state index contributed by atoms with van der Waals surface area (Å²) in [6.45, 7) is 1.79. The van der Waals surface area contributed by atoms with Crippen molar-refractivity contribution in [3.05, 3.63) is 53.7 Å². The molecule has 0 saturated carbocycles. The Kier molecular flexibility index (Phi) is 3.81. The second-order valence-corrected chi connectivity index (χ2v) is 7.37. The van der Waals surface area contributed by atoms with Gasteiger partial charge >= 0.3 is 0 Å². The Morgan fingerprint density at radius 3 is 2.38 bits per heavy atom. The lowest BCUT2D eigenvalue weighted by Crippen LogP contribution is -2.10. The zero-order valence-corrected chi connectivity index (χ0v) is 14.0. The molecule has 0 spiro atoms. The van der Waals surface area contributed by atoms with Crippen LogP contribution in [0.3, 0.4) is 0 Å². The van der Waals surface area contributed by atoms with E-state index in [1.54, 1.807) is 31.2 Å². The number of hydrogen-bond donors (Lipinski definition) is 2. The minimum absolute atomic E-state index is 0.131. The van der Waals surface area contributed by atoms with E-state index >= 15 is 0 Å². The number of benzene rings is 2. The molecule has 1 heterocycles. The van der Waals surface area contributed by atoms with Gasteiger partial charge in [0.25, 0.3) is 5.91 Å². The SMILES string of the molecule is COc1ccc(S(=O)(=O)c2cc(C)cc3[nH]c(C(N)=O)cc23)cc1. The minimum atomic E-state index is -3.75. The highest BCUT2D eigenvalue weighted by Gasteiger charge is 2.22. The highest BCUT2D eigenvalue weighted by molar-refractivity contribution is 7.91. The number of hydrogen-bond acceptors (Lipinski definition) is 4. The van der Waals surface area contributed by atoms with Crippen molar-refractivity contribution in [2.75, 3.05) is 7.11 Å². The molecule has 124 valence electrons. The van der Waals surface area contributed by atoms with Gasteiger partial charge in [-0.2, -0.15) is 0 Å². The predicted molar refractivity (Wildman–Crippen MR) is 90.0 cm³/mol. The van der Waals surface area contributed by atoms with Gasteiger partial charge in [0.1, 0.15) is 11.4 Å². The zero-order chi connectivity index (χ0) is 17.5. The van der Waals surface area contributed by atoms with Gasteiger partial charge in [-0.15, -0.1) is 0 Å². The first-order chi connectivity index (χ1) is 11.3. The summed E-state index contributed by atoms with van der Waals surface area (Å²) in [5.74, 6) is -0.0716. The Morgan fingerprint density at radius 1 is 1.12 bits per heavy atom. The highest BCUT2D eigenvalue weighted by atomic mass is 32.2. The van der Waals surface area contributed by atoms with E-state index in [-0.39, 0.29) is 15.5 Å². The van der Waals surface area contributed by atoms with Crippen LogP contribution in [0.5, 0.6) is 5.75 Å². The molecule has 3 rings (SSSR count). The molecule has 1 aromatic heterocycles. The number of carbonyl (C=O) groups is 1. The van der Waals surface area contributed by atoms with Crippen molar-refractivity contribution in [3.63, 3.8) is 0 Å². The fourth-order valence-corrected chi connectivity index (χ4v) is 4.13. The van der Waals surface area contributed by atoms with Crippen molar-refractivity contribution in [2.24, 2.45) is 5.73 Å². The zero-order valence-electron chi connectivity index (χ0n) is 13.2. The van der Waals surface area contributed by atoms with Gasteiger partial charge in [-0.25, -0.2) is 8.42 Å². The van der Waals surface area contributed by atoms with E-state index in [1.807, 2.05) is 0 Å². The number of nitrogens with one attached hydrogen (secondary N) is 1. The summed E-state index contributed by atoms with van der Waals surface area (Å²) in [6, 6.07) is 11.0. The Labute approximate surface area is 139 Å². The van der Waals surface area contributed by atoms with Gasteiger partial charge in [0.2, 0.25) is 9.84 Å². The number of nitrogens with two attached hydrogens (primary N) is 1. The second kappa shape index (κ2) is 5.68. The van der Waals surface area contributed by atoms with Gasteiger partial charge in [-0.05, 0) is 55.0 Å². The van der Waals surface area contributed by atoms with Crippen LogP contribution in [0, 0.1) is 6.92 Å². The van der Waals surface area contributed by atoms with Crippen LogP contribution in [-0.4, -0.2) is 26.4 Å². The standard InChI is InChI=1S/C17H16N2O4S/c1-10-7-14-13(9-15(19-14)17(18)20)16(8-10)24(21,22)12-5-3-11(23-2)4-6-12/h3-9,19H,1-2H3,(H2,18,20). The molecule has 24 heavy (non-hydrogen) atoms. The lowest BCUT2D eigenvalue weighted by molar-refractivity contribution is 0.0996. The lowest BCUT2D eigenvalue weighted by Gasteiger charge is -2.08. The number of aryl methyl sites for hydroxylation is 1. The summed E-state index contributed by atoms with van der Waals surface area (Å²) in [6.07, 6.45) is 0. The Balaban J connectivity index is 2.24. The minimum Gasteiger partial charge on any atom is -0.497 e. The molecule has 0 unspecified atom stereocenters. The maximum absolute atomic E-state index is 13.0. The average Bonchev–Trinajstić information content (AvgIpc) is 2.98. The van der Waals surface area contributed by atoms with E-state index < -0.39 is 15.7 Å². The third-order valence-electron chi connectivity index (χ3n) is 3.77. The van der Waals surface area contributed by atoms with Crippen LogP contribution in [0.15, 0.2) is 52.3 Å². The maximum atomic E-state index is 13.0. The number of aromatic nitrogens is 1. The van der Waals surface area contributed by atoms with E-state index in [9.17, 15) is 13.2 Å². The smallest absolute Gasteiger partial charge is 0.265 e. The van der Waals surface area contributed by atoms with Crippen LogP contribution >= 0.6 is 0 Å². The van der Waals surface area contributed by atoms with Crippen molar-refractivity contribution in [1.82, 2.24) is 4.98 Å². The molecule has 3 N–H and O–H groups in total. The first-order valence-electron chi connectivity index (χ1n) is 7.15. The van der Waals surface area contributed by atoms with Crippen LogP contribution in [0.4, 0.5) is 0 Å². The summed E-state index contributed by atoms with van der Waals surface area (Å²) in [7, 11) is -2.24. The Hall–Kier alpha value is -2.80. The van der Waals surface area contributed by atoms with Gasteiger partial charge in [-0.3, -0.25) is 4.79 Å². The molecule has 0 aliphatic rings. The van der Waals surface area contributed by atoms with Gasteiger partial charge in [-0.1, -0.05) is 0 Å². The van der Waals surface area contributed by atoms with Crippen LogP contribution in [0.1, 0.15) is 16.1 Å². The molecule has 7 heteroatoms. The van der Waals surface area contributed by atoms with Crippen molar-refractivity contribution in [3.8, 4) is 5.75 Å². The fourth-order valence-electron chi connectivity index (χ4n) is 2.58. The summed E-state index contributed by atoms with van der Waals surface area (Å²) >= 11 is 0. The molecule has 0 saturated heterocycles. The van der Waals surface area contributed by atoms with E-state index in [2.05, 4.69) is 4.98 Å². The van der Waals surface area contributed by atoms with E-state index in [0.29, 0.717) is 16.7 Å². The van der Waals surface area contributed by atoms with Crippen LogP contribution in [0.2, 0.25) is 0 Å². The third-order valence-corrected chi connectivity index (χ3v) is 5.58. The summed E-state index contributed by atoms with van der Waals surface area (Å²) < 4.78 is 31.1. The molecule has 0 fully saturated rings. The first kappa shape index (κ1) is 16.1. The second-order valence-electron chi connectivity index (χ2n) is 5.45. The van der Waals surface area contributed by atoms with Crippen LogP contribution < -0.4 is 10.5 Å². The molecular formula is C17H16N2O4S. The maximum Gasteiger partial charge on any atom is 0.265 e. The van der Waals surface area contributed by atoms with E-state index in [0.717, 1.165) is 5.56 Å². The monoisotopic (exact) mass is 344 g/mol. The number of sulfone groups is 1. The average molecular weight is 344 g/mol. The molecule has 0 radical (unpaired) electrons. The molecule has 1 amide bonds. The number of ether oxygens (including phenoxy) is 1. The highest BCUT2D eigenvalue weighted by Crippen LogP contribution is 2.31. The lowest BCUT2D eigenvalue weighted by atomic mass is 10.2. The molecular weight excluding hydrogens is 328 g/mol. The molecule has 0 aliphatic heterocycles. The summed E-state index contributed by atoms with van der Waals surface area (Å²) in [4.78, 5) is 14.5. The van der Waals surface area contributed by atoms with Crippen molar-refractivity contribution < 1.29 is 17.9 Å². The van der Waals surface area contributed by atoms with Gasteiger partial charge < -0.3 is 15.5 Å². The Morgan fingerprint density at radius 2 is 1.79 bits per heavy atom. The molecule has 6 nitrogen and oxygen atoms in total. The van der Waals surface area contributed by atoms with E-state index in [4.69, 9.17) is 10.5 Å². The molecule has 0 bridgehead atoms. The summed E-state index contributed by atoms with van der Waals surface area (Å²) in [5.41, 5.74) is 6.76. The number of primary amides is 1. The summed E-state index contributed by atoms with van der Waals surface area (Å²) in [5, 5.41) is 0.435. The predicted octanol–water partition coefficient (Wildman–Crippen LogP) is 2.42. The number of methoxy groups -OCH3 is 1. The number of amides is 1. The third kappa shape index (κ3) is 2.63. The van der Waals surface area contributed by atoms with Crippen LogP contribution in [0.25, 0.3) is 10.9 Å². The molecule has 0 atom stereocenters. The molecule has 3 aromatic rings. The van der Waals surface area contributed by atoms with Crippen molar-refractivity contribution in [2.45, 2.75) is 16.7 Å². The number of H-pyrrole nitrogens is 1. The molecule has 0 aliphatic carbocycles. The van der Waals surface area contributed by atoms with Gasteiger partial charge in [0.15, 0.2) is 0 Å². The quantitative estimate of drug-likeness (QED) is 0.758. The first-order valence-corrected chi connectivity index (χ1v) is 8.63. The number of aromatic amines is 1. The number of fused-ring (bicyclic) bond motifs is 1. The van der Waals surface area contributed by atoms with Crippen LogP contribution in [-0.2, 0) is 9.84 Å². The largest absolute Gasteiger partial charge is 0.497 e. The normalized spacial score (nSPS) is 11.6. The topological polar surface area (TPSA) is 102 Å².